The van der Waals surface area contributed by atoms with Gasteiger partial charge >= 0.3 is 0 Å². The molecule has 0 saturated carbocycles. The average molecular weight is 356 g/mol. The molecule has 7 heteroatoms. The van der Waals surface area contributed by atoms with Crippen LogP contribution in [0.1, 0.15) is 20.3 Å². The topological polar surface area (TPSA) is 82.1 Å². The first-order chi connectivity index (χ1) is 11.3. The Morgan fingerprint density at radius 2 is 1.92 bits per heavy atom. The molecule has 0 amide bonds. The highest BCUT2D eigenvalue weighted by atomic mass is 32.2. The zero-order valence-electron chi connectivity index (χ0n) is 13.9. The SMILES string of the molecule is CC1(C)OC[C@H](C[C@H]2OC[C@H](CS(=O)(=O)c3ccccc3)[C@H]2O)O1. The van der Waals surface area contributed by atoms with Gasteiger partial charge in [0.1, 0.15) is 0 Å². The van der Waals surface area contributed by atoms with Crippen molar-refractivity contribution in [1.29, 1.82) is 0 Å². The van der Waals surface area contributed by atoms with E-state index in [0.717, 1.165) is 0 Å². The zero-order chi connectivity index (χ0) is 17.4. The lowest BCUT2D eigenvalue weighted by molar-refractivity contribution is -0.143. The monoisotopic (exact) mass is 356 g/mol. The van der Waals surface area contributed by atoms with E-state index >= 15 is 0 Å². The third-order valence-electron chi connectivity index (χ3n) is 4.49. The maximum atomic E-state index is 12.5. The lowest BCUT2D eigenvalue weighted by Crippen LogP contribution is -2.34. The van der Waals surface area contributed by atoms with Gasteiger partial charge in [0.2, 0.25) is 0 Å². The smallest absolute Gasteiger partial charge is 0.178 e. The Hall–Kier alpha value is -0.990. The van der Waals surface area contributed by atoms with E-state index in [1.165, 1.54) is 0 Å². The fraction of sp³-hybridized carbons (Fsp3) is 0.647. The van der Waals surface area contributed by atoms with E-state index in [2.05, 4.69) is 0 Å². The highest BCUT2D eigenvalue weighted by Crippen LogP contribution is 2.31. The first-order valence-electron chi connectivity index (χ1n) is 8.16. The molecule has 1 aromatic carbocycles. The van der Waals surface area contributed by atoms with Gasteiger partial charge in [-0.25, -0.2) is 8.42 Å². The van der Waals surface area contributed by atoms with Crippen LogP contribution in [0.5, 0.6) is 0 Å². The van der Waals surface area contributed by atoms with Crippen molar-refractivity contribution >= 4 is 9.84 Å². The van der Waals surface area contributed by atoms with E-state index in [9.17, 15) is 13.5 Å². The first kappa shape index (κ1) is 17.8. The van der Waals surface area contributed by atoms with E-state index in [-0.39, 0.29) is 23.4 Å². The molecule has 2 aliphatic heterocycles. The van der Waals surface area contributed by atoms with Crippen molar-refractivity contribution < 1.29 is 27.7 Å². The molecular formula is C17H24O6S. The third-order valence-corrected chi connectivity index (χ3v) is 6.34. The van der Waals surface area contributed by atoms with Crippen LogP contribution in [0.3, 0.4) is 0 Å². The Morgan fingerprint density at radius 3 is 2.54 bits per heavy atom. The number of aliphatic hydroxyl groups is 1. The third kappa shape index (κ3) is 3.97. The zero-order valence-corrected chi connectivity index (χ0v) is 14.7. The second kappa shape index (κ2) is 6.72. The molecule has 0 spiro atoms. The predicted molar refractivity (Wildman–Crippen MR) is 87.3 cm³/mol. The van der Waals surface area contributed by atoms with Crippen LogP contribution in [0, 0.1) is 5.92 Å². The van der Waals surface area contributed by atoms with Crippen molar-refractivity contribution in [3.05, 3.63) is 30.3 Å². The number of rotatable bonds is 5. The first-order valence-corrected chi connectivity index (χ1v) is 9.81. The molecule has 3 rings (SSSR count). The van der Waals surface area contributed by atoms with Gasteiger partial charge in [0.25, 0.3) is 0 Å². The number of sulfone groups is 1. The second-order valence-electron chi connectivity index (χ2n) is 6.90. The lowest BCUT2D eigenvalue weighted by Gasteiger charge is -2.21. The Morgan fingerprint density at radius 1 is 1.21 bits per heavy atom. The molecule has 4 atom stereocenters. The number of ether oxygens (including phenoxy) is 3. The standard InChI is InChI=1S/C17H24O6S/c1-17(2)22-10-13(23-17)8-15-16(18)12(9-21-15)11-24(19,20)14-6-4-3-5-7-14/h3-7,12-13,15-16,18H,8-11H2,1-2H3/t12-,13+,15-,16-/m1/s1. The lowest BCUT2D eigenvalue weighted by atomic mass is 10.00. The van der Waals surface area contributed by atoms with Crippen LogP contribution in [-0.2, 0) is 24.0 Å². The summed E-state index contributed by atoms with van der Waals surface area (Å²) in [5.41, 5.74) is 0. The average Bonchev–Trinajstić information content (AvgIpc) is 3.04. The maximum Gasteiger partial charge on any atom is 0.178 e. The summed E-state index contributed by atoms with van der Waals surface area (Å²) >= 11 is 0. The summed E-state index contributed by atoms with van der Waals surface area (Å²) in [7, 11) is -3.44. The molecule has 6 nitrogen and oxygen atoms in total. The van der Waals surface area contributed by atoms with E-state index in [4.69, 9.17) is 14.2 Å². The van der Waals surface area contributed by atoms with Gasteiger partial charge in [0.15, 0.2) is 15.6 Å². The fourth-order valence-electron chi connectivity index (χ4n) is 3.25. The minimum Gasteiger partial charge on any atom is -0.390 e. The van der Waals surface area contributed by atoms with Crippen LogP contribution >= 0.6 is 0 Å². The summed E-state index contributed by atoms with van der Waals surface area (Å²) in [6.45, 7) is 4.36. The highest BCUT2D eigenvalue weighted by molar-refractivity contribution is 7.91. The normalized spacial score (nSPS) is 33.0. The van der Waals surface area contributed by atoms with E-state index in [1.807, 2.05) is 13.8 Å². The Bertz CT molecular complexity index is 657. The van der Waals surface area contributed by atoms with Crippen molar-refractivity contribution in [3.63, 3.8) is 0 Å². The molecule has 0 aliphatic carbocycles. The van der Waals surface area contributed by atoms with Gasteiger partial charge in [-0.1, -0.05) is 18.2 Å². The highest BCUT2D eigenvalue weighted by Gasteiger charge is 2.42. The summed E-state index contributed by atoms with van der Waals surface area (Å²) < 4.78 is 41.8. The van der Waals surface area contributed by atoms with Gasteiger partial charge in [-0.15, -0.1) is 0 Å². The molecule has 134 valence electrons. The van der Waals surface area contributed by atoms with Crippen LogP contribution < -0.4 is 0 Å². The van der Waals surface area contributed by atoms with Gasteiger partial charge in [-0.05, 0) is 26.0 Å². The Balaban J connectivity index is 1.59. The minimum absolute atomic E-state index is 0.123. The fourth-order valence-corrected chi connectivity index (χ4v) is 4.87. The van der Waals surface area contributed by atoms with Crippen LogP contribution in [0.2, 0.25) is 0 Å². The molecule has 2 fully saturated rings. The van der Waals surface area contributed by atoms with Crippen LogP contribution in [-0.4, -0.2) is 56.6 Å². The minimum atomic E-state index is -3.44. The summed E-state index contributed by atoms with van der Waals surface area (Å²) in [6, 6.07) is 8.29. The Labute approximate surface area is 142 Å². The number of aliphatic hydroxyl groups excluding tert-OH is 1. The van der Waals surface area contributed by atoms with Gasteiger partial charge in [-0.2, -0.15) is 0 Å². The van der Waals surface area contributed by atoms with E-state index < -0.39 is 33.8 Å². The van der Waals surface area contributed by atoms with Gasteiger partial charge in [0.05, 0.1) is 42.2 Å². The van der Waals surface area contributed by atoms with Crippen molar-refractivity contribution in [2.75, 3.05) is 19.0 Å². The van der Waals surface area contributed by atoms with Gasteiger partial charge in [0, 0.05) is 12.3 Å². The number of hydrogen-bond donors (Lipinski definition) is 1. The maximum absolute atomic E-state index is 12.5. The van der Waals surface area contributed by atoms with Gasteiger partial charge < -0.3 is 19.3 Å². The number of hydrogen-bond acceptors (Lipinski definition) is 6. The molecule has 1 N–H and O–H groups in total. The van der Waals surface area contributed by atoms with Crippen molar-refractivity contribution in [1.82, 2.24) is 0 Å². The molecule has 0 aromatic heterocycles. The summed E-state index contributed by atoms with van der Waals surface area (Å²) in [5.74, 6) is -1.18. The number of benzene rings is 1. The predicted octanol–water partition coefficient (Wildman–Crippen LogP) is 1.38. The van der Waals surface area contributed by atoms with Crippen LogP contribution in [0.25, 0.3) is 0 Å². The molecular weight excluding hydrogens is 332 g/mol. The molecule has 0 radical (unpaired) electrons. The molecule has 0 bridgehead atoms. The molecule has 24 heavy (non-hydrogen) atoms. The van der Waals surface area contributed by atoms with Crippen LogP contribution in [0.15, 0.2) is 35.2 Å². The Kier molecular flexibility index (Phi) is 4.99. The van der Waals surface area contributed by atoms with Crippen molar-refractivity contribution in [3.8, 4) is 0 Å². The van der Waals surface area contributed by atoms with Crippen molar-refractivity contribution in [2.45, 2.75) is 49.3 Å². The van der Waals surface area contributed by atoms with E-state index in [0.29, 0.717) is 13.0 Å². The molecule has 2 aliphatic rings. The summed E-state index contributed by atoms with van der Waals surface area (Å²) in [4.78, 5) is 0.273. The summed E-state index contributed by atoms with van der Waals surface area (Å²) in [5, 5.41) is 10.5. The van der Waals surface area contributed by atoms with Crippen molar-refractivity contribution in [2.24, 2.45) is 5.92 Å². The van der Waals surface area contributed by atoms with E-state index in [1.54, 1.807) is 30.3 Å². The molecule has 1 aromatic rings. The summed E-state index contributed by atoms with van der Waals surface area (Å²) in [6.07, 6.45) is -0.907. The largest absolute Gasteiger partial charge is 0.390 e. The molecule has 0 unspecified atom stereocenters. The van der Waals surface area contributed by atoms with Gasteiger partial charge in [-0.3, -0.25) is 0 Å². The quantitative estimate of drug-likeness (QED) is 0.858. The molecule has 2 saturated heterocycles. The second-order valence-corrected chi connectivity index (χ2v) is 8.94. The molecule has 2 heterocycles. The van der Waals surface area contributed by atoms with Crippen LogP contribution in [0.4, 0.5) is 0 Å².